The Labute approximate surface area is 111 Å². The summed E-state index contributed by atoms with van der Waals surface area (Å²) in [5.41, 5.74) is -7.34. The fourth-order valence-corrected chi connectivity index (χ4v) is 1.69. The van der Waals surface area contributed by atoms with Gasteiger partial charge < -0.3 is 0 Å². The third-order valence-electron chi connectivity index (χ3n) is 2.91. The Morgan fingerprint density at radius 2 is 1.10 bits per heavy atom. The van der Waals surface area contributed by atoms with Crippen LogP contribution in [0.15, 0.2) is 24.3 Å². The summed E-state index contributed by atoms with van der Waals surface area (Å²) >= 11 is 0. The summed E-state index contributed by atoms with van der Waals surface area (Å²) < 4.78 is 89.6. The summed E-state index contributed by atoms with van der Waals surface area (Å²) in [6.07, 6.45) is -12.2. The van der Waals surface area contributed by atoms with E-state index in [0.717, 1.165) is 6.07 Å². The Kier molecular flexibility index (Phi) is 3.89. The van der Waals surface area contributed by atoms with Crippen LogP contribution in [0.25, 0.3) is 0 Å². The van der Waals surface area contributed by atoms with E-state index in [-0.39, 0.29) is 5.56 Å². The zero-order chi connectivity index (χ0) is 16.0. The van der Waals surface area contributed by atoms with Crippen molar-refractivity contribution in [3.05, 3.63) is 35.4 Å². The van der Waals surface area contributed by atoms with Gasteiger partial charge in [0.2, 0.25) is 0 Å². The first-order valence-corrected chi connectivity index (χ1v) is 5.64. The van der Waals surface area contributed by atoms with Gasteiger partial charge in [0.05, 0.1) is 0 Å². The van der Waals surface area contributed by atoms with Crippen molar-refractivity contribution < 1.29 is 30.7 Å². The minimum absolute atomic E-state index is 0.186. The highest BCUT2D eigenvalue weighted by Gasteiger charge is 2.73. The molecule has 0 nitrogen and oxygen atoms in total. The molecule has 0 N–H and O–H groups in total. The number of hydrogen-bond acceptors (Lipinski definition) is 0. The summed E-state index contributed by atoms with van der Waals surface area (Å²) in [6.45, 7) is 4.81. The van der Waals surface area contributed by atoms with Gasteiger partial charge in [0.15, 0.2) is 0 Å². The van der Waals surface area contributed by atoms with E-state index in [1.54, 1.807) is 20.8 Å². The van der Waals surface area contributed by atoms with Crippen LogP contribution in [-0.4, -0.2) is 12.4 Å². The SMILES string of the molecule is CC(C)(C)c1cccc(C(F)(C(F)(F)F)C(F)(F)F)c1. The zero-order valence-electron chi connectivity index (χ0n) is 11.0. The molecule has 0 saturated heterocycles. The molecule has 0 bridgehead atoms. The minimum atomic E-state index is -6.08. The van der Waals surface area contributed by atoms with Crippen LogP contribution in [0.2, 0.25) is 0 Å². The molecular weight excluding hydrogens is 289 g/mol. The van der Waals surface area contributed by atoms with Gasteiger partial charge in [0.1, 0.15) is 0 Å². The first-order valence-electron chi connectivity index (χ1n) is 5.64. The van der Waals surface area contributed by atoms with E-state index in [2.05, 4.69) is 0 Å². The Balaban J connectivity index is 3.53. The van der Waals surface area contributed by atoms with E-state index in [1.165, 1.54) is 6.07 Å². The van der Waals surface area contributed by atoms with Crippen molar-refractivity contribution in [1.29, 1.82) is 0 Å². The van der Waals surface area contributed by atoms with Crippen molar-refractivity contribution in [2.75, 3.05) is 0 Å². The van der Waals surface area contributed by atoms with E-state index in [4.69, 9.17) is 0 Å². The maximum absolute atomic E-state index is 13.9. The molecular formula is C13H13F7. The van der Waals surface area contributed by atoms with Crippen molar-refractivity contribution in [3.8, 4) is 0 Å². The van der Waals surface area contributed by atoms with Gasteiger partial charge in [-0.25, -0.2) is 4.39 Å². The van der Waals surface area contributed by atoms with E-state index in [1.807, 2.05) is 0 Å². The molecule has 7 heteroatoms. The Morgan fingerprint density at radius 1 is 0.700 bits per heavy atom. The molecule has 0 radical (unpaired) electrons. The van der Waals surface area contributed by atoms with Crippen molar-refractivity contribution in [2.24, 2.45) is 0 Å². The van der Waals surface area contributed by atoms with Gasteiger partial charge in [-0.15, -0.1) is 0 Å². The van der Waals surface area contributed by atoms with E-state index in [0.29, 0.717) is 12.1 Å². The molecule has 0 unspecified atom stereocenters. The molecule has 0 spiro atoms. The number of benzene rings is 1. The first kappa shape index (κ1) is 16.8. The molecule has 0 aliphatic heterocycles. The largest absolute Gasteiger partial charge is 0.435 e. The predicted octanol–water partition coefficient (Wildman–Crippen LogP) is 5.27. The fraction of sp³-hybridized carbons (Fsp3) is 0.538. The van der Waals surface area contributed by atoms with Gasteiger partial charge in [-0.3, -0.25) is 0 Å². The molecule has 0 aliphatic rings. The third kappa shape index (κ3) is 2.76. The van der Waals surface area contributed by atoms with Crippen LogP contribution in [0.1, 0.15) is 31.9 Å². The molecule has 1 aromatic carbocycles. The normalized spacial score (nSPS) is 14.5. The van der Waals surface area contributed by atoms with Crippen molar-refractivity contribution in [2.45, 2.75) is 44.2 Å². The Morgan fingerprint density at radius 3 is 1.45 bits per heavy atom. The standard InChI is InChI=1S/C13H13F7/c1-10(2,3)8-5-4-6-9(7-8)11(14,12(15,16)17)13(18,19)20/h4-7H,1-3H3. The van der Waals surface area contributed by atoms with Crippen LogP contribution in [0, 0.1) is 0 Å². The molecule has 0 aliphatic carbocycles. The molecule has 1 rings (SSSR count). The zero-order valence-corrected chi connectivity index (χ0v) is 11.0. The van der Waals surface area contributed by atoms with Gasteiger partial charge in [-0.2, -0.15) is 26.3 Å². The lowest BCUT2D eigenvalue weighted by Crippen LogP contribution is -2.50. The number of halogens is 7. The molecule has 20 heavy (non-hydrogen) atoms. The van der Waals surface area contributed by atoms with E-state index < -0.39 is 29.0 Å². The highest BCUT2D eigenvalue weighted by molar-refractivity contribution is 5.34. The monoisotopic (exact) mass is 302 g/mol. The summed E-state index contributed by atoms with van der Waals surface area (Å²) in [5, 5.41) is 0. The molecule has 0 aromatic heterocycles. The molecule has 0 fully saturated rings. The van der Waals surface area contributed by atoms with Gasteiger partial charge in [0, 0.05) is 5.56 Å². The first-order chi connectivity index (χ1) is 8.71. The third-order valence-corrected chi connectivity index (χ3v) is 2.91. The maximum Gasteiger partial charge on any atom is 0.435 e. The molecule has 0 atom stereocenters. The molecule has 0 heterocycles. The topological polar surface area (TPSA) is 0 Å². The van der Waals surface area contributed by atoms with Crippen LogP contribution in [0.3, 0.4) is 0 Å². The quantitative estimate of drug-likeness (QED) is 0.620. The molecule has 0 amide bonds. The van der Waals surface area contributed by atoms with Gasteiger partial charge in [0.25, 0.3) is 0 Å². The van der Waals surface area contributed by atoms with Crippen molar-refractivity contribution in [3.63, 3.8) is 0 Å². The lowest BCUT2D eigenvalue weighted by molar-refractivity contribution is -0.348. The summed E-state index contributed by atoms with van der Waals surface area (Å²) in [4.78, 5) is 0. The van der Waals surface area contributed by atoms with Crippen molar-refractivity contribution >= 4 is 0 Å². The number of rotatable bonds is 1. The van der Waals surface area contributed by atoms with Crippen molar-refractivity contribution in [1.82, 2.24) is 0 Å². The summed E-state index contributed by atoms with van der Waals surface area (Å²) in [6, 6.07) is 3.45. The van der Waals surface area contributed by atoms with Crippen LogP contribution in [0.5, 0.6) is 0 Å². The van der Waals surface area contributed by atoms with Gasteiger partial charge >= 0.3 is 18.0 Å². The summed E-state index contributed by atoms with van der Waals surface area (Å²) in [5.74, 6) is 0. The Bertz CT molecular complexity index is 463. The Hall–Kier alpha value is -1.27. The average molecular weight is 302 g/mol. The smallest absolute Gasteiger partial charge is 0.218 e. The number of hydrogen-bond donors (Lipinski definition) is 0. The van der Waals surface area contributed by atoms with Crippen LogP contribution >= 0.6 is 0 Å². The van der Waals surface area contributed by atoms with Gasteiger partial charge in [-0.1, -0.05) is 45.0 Å². The lowest BCUT2D eigenvalue weighted by atomic mass is 9.83. The summed E-state index contributed by atoms with van der Waals surface area (Å²) in [7, 11) is 0. The second kappa shape index (κ2) is 4.63. The second-order valence-corrected chi connectivity index (χ2v) is 5.48. The van der Waals surface area contributed by atoms with E-state index in [9.17, 15) is 30.7 Å². The van der Waals surface area contributed by atoms with Crippen LogP contribution in [-0.2, 0) is 11.1 Å². The molecule has 114 valence electrons. The second-order valence-electron chi connectivity index (χ2n) is 5.48. The highest BCUT2D eigenvalue weighted by atomic mass is 19.4. The predicted molar refractivity (Wildman–Crippen MR) is 60.0 cm³/mol. The fourth-order valence-electron chi connectivity index (χ4n) is 1.69. The minimum Gasteiger partial charge on any atom is -0.218 e. The van der Waals surface area contributed by atoms with Crippen LogP contribution < -0.4 is 0 Å². The molecule has 0 saturated carbocycles. The van der Waals surface area contributed by atoms with Gasteiger partial charge in [-0.05, 0) is 11.0 Å². The number of alkyl halides is 7. The maximum atomic E-state index is 13.9. The average Bonchev–Trinajstić information content (AvgIpc) is 2.24. The lowest BCUT2D eigenvalue weighted by Gasteiger charge is -2.31. The van der Waals surface area contributed by atoms with E-state index >= 15 is 0 Å². The van der Waals surface area contributed by atoms with Crippen LogP contribution in [0.4, 0.5) is 30.7 Å². The highest BCUT2D eigenvalue weighted by Crippen LogP contribution is 2.53. The molecule has 1 aromatic rings.